The minimum Gasteiger partial charge on any atom is -0.492 e. The molecule has 0 aliphatic rings. The first kappa shape index (κ1) is 16.5. The highest BCUT2D eigenvalue weighted by Gasteiger charge is 2.30. The number of hydrogen-bond donors (Lipinski definition) is 2. The first-order valence-corrected chi connectivity index (χ1v) is 8.38. The Morgan fingerprint density at radius 1 is 1.35 bits per heavy atom. The Hall–Kier alpha value is -1.38. The molecular formula is C14H14Cl2N4O2S. The van der Waals surface area contributed by atoms with Crippen LogP contribution >= 0.6 is 34.5 Å². The quantitative estimate of drug-likeness (QED) is 0.720. The molecule has 0 saturated heterocycles. The summed E-state index contributed by atoms with van der Waals surface area (Å²) in [5, 5.41) is 24.8. The molecule has 122 valence electrons. The van der Waals surface area contributed by atoms with Crippen LogP contribution in [0.2, 0.25) is 10.0 Å². The smallest absolute Gasteiger partial charge is 0.230 e. The van der Waals surface area contributed by atoms with Gasteiger partial charge in [0.2, 0.25) is 10.8 Å². The van der Waals surface area contributed by atoms with Crippen molar-refractivity contribution in [1.82, 2.24) is 19.5 Å². The zero-order valence-electron chi connectivity index (χ0n) is 12.1. The molecule has 0 amide bonds. The lowest BCUT2D eigenvalue weighted by Gasteiger charge is -2.28. The van der Waals surface area contributed by atoms with E-state index in [0.717, 1.165) is 0 Å². The van der Waals surface area contributed by atoms with Gasteiger partial charge in [-0.25, -0.2) is 4.98 Å². The molecule has 0 aliphatic heterocycles. The SMILES string of the molecule is CN(CCO)C(c1sc2ncnn2c1O)c1c(Cl)cccc1Cl. The number of aliphatic hydroxyl groups is 1. The third-order valence-electron chi connectivity index (χ3n) is 3.55. The Kier molecular flexibility index (Phi) is 4.74. The molecule has 0 saturated carbocycles. The van der Waals surface area contributed by atoms with E-state index in [9.17, 15) is 10.2 Å². The predicted octanol–water partition coefficient (Wildman–Crippen LogP) is 2.82. The van der Waals surface area contributed by atoms with Crippen LogP contribution in [0.5, 0.6) is 5.88 Å². The largest absolute Gasteiger partial charge is 0.492 e. The number of aliphatic hydroxyl groups excluding tert-OH is 1. The van der Waals surface area contributed by atoms with Crippen LogP contribution in [-0.4, -0.2) is 49.9 Å². The van der Waals surface area contributed by atoms with Crippen molar-refractivity contribution in [3.8, 4) is 5.88 Å². The molecular weight excluding hydrogens is 359 g/mol. The number of hydrogen-bond acceptors (Lipinski definition) is 6. The fourth-order valence-electron chi connectivity index (χ4n) is 2.48. The molecule has 1 unspecified atom stereocenters. The van der Waals surface area contributed by atoms with Gasteiger partial charge in [-0.2, -0.15) is 9.61 Å². The Balaban J connectivity index is 2.20. The zero-order chi connectivity index (χ0) is 16.6. The Bertz CT molecular complexity index is 815. The second kappa shape index (κ2) is 6.62. The molecule has 3 rings (SSSR count). The molecule has 2 aromatic heterocycles. The van der Waals surface area contributed by atoms with E-state index in [0.29, 0.717) is 32.0 Å². The van der Waals surface area contributed by atoms with Crippen molar-refractivity contribution in [3.05, 3.63) is 45.0 Å². The number of aromatic nitrogens is 3. The van der Waals surface area contributed by atoms with Gasteiger partial charge in [-0.05, 0) is 19.2 Å². The van der Waals surface area contributed by atoms with Crippen molar-refractivity contribution in [2.24, 2.45) is 0 Å². The summed E-state index contributed by atoms with van der Waals surface area (Å²) in [5.41, 5.74) is 0.673. The normalized spacial score (nSPS) is 13.1. The first-order chi connectivity index (χ1) is 11.0. The van der Waals surface area contributed by atoms with Crippen molar-refractivity contribution in [3.63, 3.8) is 0 Å². The van der Waals surface area contributed by atoms with Gasteiger partial charge in [0, 0.05) is 22.2 Å². The topological polar surface area (TPSA) is 73.9 Å². The van der Waals surface area contributed by atoms with E-state index in [2.05, 4.69) is 10.1 Å². The minimum absolute atomic E-state index is 0.00623. The minimum atomic E-state index is -0.420. The molecule has 2 N–H and O–H groups in total. The van der Waals surface area contributed by atoms with Gasteiger partial charge in [0.15, 0.2) is 0 Å². The molecule has 0 radical (unpaired) electrons. The van der Waals surface area contributed by atoms with Gasteiger partial charge < -0.3 is 10.2 Å². The number of benzene rings is 1. The molecule has 0 bridgehead atoms. The molecule has 1 atom stereocenters. The second-order valence-electron chi connectivity index (χ2n) is 4.99. The van der Waals surface area contributed by atoms with Crippen LogP contribution in [0.4, 0.5) is 0 Å². The number of aromatic hydroxyl groups is 1. The van der Waals surface area contributed by atoms with Gasteiger partial charge in [-0.15, -0.1) is 0 Å². The van der Waals surface area contributed by atoms with Crippen molar-refractivity contribution < 1.29 is 10.2 Å². The lowest BCUT2D eigenvalue weighted by atomic mass is 10.0. The number of fused-ring (bicyclic) bond motifs is 1. The van der Waals surface area contributed by atoms with Gasteiger partial charge in [-0.1, -0.05) is 40.6 Å². The van der Waals surface area contributed by atoms with E-state index in [4.69, 9.17) is 23.2 Å². The third-order valence-corrected chi connectivity index (χ3v) is 5.30. The highest BCUT2D eigenvalue weighted by molar-refractivity contribution is 7.17. The summed E-state index contributed by atoms with van der Waals surface area (Å²) in [6, 6.07) is 4.84. The molecule has 3 aromatic rings. The van der Waals surface area contributed by atoms with Crippen LogP contribution in [0.15, 0.2) is 24.5 Å². The molecule has 0 spiro atoms. The van der Waals surface area contributed by atoms with Gasteiger partial charge in [0.1, 0.15) is 6.33 Å². The van der Waals surface area contributed by atoms with E-state index >= 15 is 0 Å². The summed E-state index contributed by atoms with van der Waals surface area (Å²) >= 11 is 14.0. The number of nitrogens with zero attached hydrogens (tertiary/aromatic N) is 4. The second-order valence-corrected chi connectivity index (χ2v) is 6.81. The Morgan fingerprint density at radius 2 is 2.04 bits per heavy atom. The van der Waals surface area contributed by atoms with E-state index in [1.54, 1.807) is 18.2 Å². The molecule has 9 heteroatoms. The van der Waals surface area contributed by atoms with Crippen LogP contribution in [0.3, 0.4) is 0 Å². The maximum atomic E-state index is 10.5. The Morgan fingerprint density at radius 3 is 2.65 bits per heavy atom. The first-order valence-electron chi connectivity index (χ1n) is 6.81. The summed E-state index contributed by atoms with van der Waals surface area (Å²) in [6.07, 6.45) is 1.38. The molecule has 2 heterocycles. The molecule has 0 fully saturated rings. The molecule has 23 heavy (non-hydrogen) atoms. The van der Waals surface area contributed by atoms with Gasteiger partial charge in [0.05, 0.1) is 17.5 Å². The lowest BCUT2D eigenvalue weighted by Crippen LogP contribution is -2.28. The monoisotopic (exact) mass is 372 g/mol. The van der Waals surface area contributed by atoms with Crippen molar-refractivity contribution in [2.45, 2.75) is 6.04 Å². The summed E-state index contributed by atoms with van der Waals surface area (Å²) in [7, 11) is 1.83. The van der Waals surface area contributed by atoms with E-state index < -0.39 is 6.04 Å². The summed E-state index contributed by atoms with van der Waals surface area (Å²) in [5.74, 6) is -0.00623. The maximum absolute atomic E-state index is 10.5. The fraction of sp³-hybridized carbons (Fsp3) is 0.286. The van der Waals surface area contributed by atoms with E-state index in [1.165, 1.54) is 22.2 Å². The highest BCUT2D eigenvalue weighted by Crippen LogP contribution is 2.43. The van der Waals surface area contributed by atoms with Crippen molar-refractivity contribution >= 4 is 39.5 Å². The number of rotatable bonds is 5. The van der Waals surface area contributed by atoms with Crippen LogP contribution in [0.25, 0.3) is 4.96 Å². The van der Waals surface area contributed by atoms with Crippen LogP contribution in [0, 0.1) is 0 Å². The molecule has 6 nitrogen and oxygen atoms in total. The molecule has 0 aliphatic carbocycles. The average molecular weight is 373 g/mol. The lowest BCUT2D eigenvalue weighted by molar-refractivity contribution is 0.196. The number of thiazole rings is 1. The standard InChI is InChI=1S/C14H14Cl2N4O2S/c1-19(5-6-21)11(10-8(15)3-2-4-9(10)16)12-13(22)20-14(23-12)17-7-18-20/h2-4,7,11,21-22H,5-6H2,1H3. The van der Waals surface area contributed by atoms with E-state index in [1.807, 2.05) is 11.9 Å². The Labute approximate surface area is 146 Å². The van der Waals surface area contributed by atoms with Crippen molar-refractivity contribution in [2.75, 3.05) is 20.2 Å². The number of halogens is 2. The van der Waals surface area contributed by atoms with Crippen LogP contribution < -0.4 is 0 Å². The van der Waals surface area contributed by atoms with Crippen LogP contribution in [-0.2, 0) is 0 Å². The average Bonchev–Trinajstić information content (AvgIpc) is 3.07. The van der Waals surface area contributed by atoms with Gasteiger partial charge in [0.25, 0.3) is 0 Å². The van der Waals surface area contributed by atoms with E-state index in [-0.39, 0.29) is 12.5 Å². The third kappa shape index (κ3) is 2.90. The maximum Gasteiger partial charge on any atom is 0.230 e. The fourth-order valence-corrected chi connectivity index (χ4v) is 4.19. The van der Waals surface area contributed by atoms with Crippen LogP contribution in [0.1, 0.15) is 16.5 Å². The summed E-state index contributed by atoms with van der Waals surface area (Å²) in [6.45, 7) is 0.357. The zero-order valence-corrected chi connectivity index (χ0v) is 14.5. The predicted molar refractivity (Wildman–Crippen MR) is 90.5 cm³/mol. The molecule has 1 aromatic carbocycles. The van der Waals surface area contributed by atoms with Gasteiger partial charge >= 0.3 is 0 Å². The van der Waals surface area contributed by atoms with Gasteiger partial charge in [-0.3, -0.25) is 4.90 Å². The van der Waals surface area contributed by atoms with Crippen molar-refractivity contribution in [1.29, 1.82) is 0 Å². The highest BCUT2D eigenvalue weighted by atomic mass is 35.5. The summed E-state index contributed by atoms with van der Waals surface area (Å²) < 4.78 is 1.37. The number of likely N-dealkylation sites (N-methyl/N-ethyl adjacent to an activating group) is 1. The summed E-state index contributed by atoms with van der Waals surface area (Å²) in [4.78, 5) is 7.17.